The number of rotatable bonds is 7. The molecule has 1 rings (SSSR count). The van der Waals surface area contributed by atoms with Gasteiger partial charge in [-0.3, -0.25) is 0 Å². The number of methoxy groups -OCH3 is 1. The third kappa shape index (κ3) is 4.29. The van der Waals surface area contributed by atoms with Crippen molar-refractivity contribution in [3.05, 3.63) is 18.2 Å². The molecule has 1 heterocycles. The number of anilines is 2. The highest BCUT2D eigenvalue weighted by atomic mass is 16.5. The van der Waals surface area contributed by atoms with Crippen molar-refractivity contribution in [1.82, 2.24) is 4.98 Å². The van der Waals surface area contributed by atoms with Gasteiger partial charge in [0.15, 0.2) is 0 Å². The van der Waals surface area contributed by atoms with Gasteiger partial charge in [-0.05, 0) is 12.1 Å². The smallest absolute Gasteiger partial charge is 0.131 e. The second-order valence-corrected chi connectivity index (χ2v) is 3.52. The molecule has 1 aromatic rings. The fourth-order valence-corrected chi connectivity index (χ4v) is 1.47. The molecule has 0 bridgehead atoms. The van der Waals surface area contributed by atoms with Crippen molar-refractivity contribution in [2.75, 3.05) is 44.1 Å². The van der Waals surface area contributed by atoms with Gasteiger partial charge in [0.2, 0.25) is 0 Å². The van der Waals surface area contributed by atoms with E-state index in [-0.39, 0.29) is 0 Å². The Morgan fingerprint density at radius 3 is 2.94 bits per heavy atom. The number of nitrogens with one attached hydrogen (secondary N) is 1. The third-order valence-electron chi connectivity index (χ3n) is 2.37. The minimum absolute atomic E-state index is 0.481. The van der Waals surface area contributed by atoms with Gasteiger partial charge >= 0.3 is 0 Å². The summed E-state index contributed by atoms with van der Waals surface area (Å²) in [5.41, 5.74) is 0. The van der Waals surface area contributed by atoms with Gasteiger partial charge < -0.3 is 15.0 Å². The van der Waals surface area contributed by atoms with Gasteiger partial charge in [0.1, 0.15) is 11.6 Å². The molecule has 1 aromatic heterocycles. The van der Waals surface area contributed by atoms with E-state index in [1.54, 1.807) is 7.11 Å². The number of nitriles is 1. The molecule has 0 radical (unpaired) electrons. The summed E-state index contributed by atoms with van der Waals surface area (Å²) in [4.78, 5) is 6.50. The molecular weight excluding hydrogens is 216 g/mol. The van der Waals surface area contributed by atoms with Crippen LogP contribution in [0, 0.1) is 11.3 Å². The van der Waals surface area contributed by atoms with Crippen molar-refractivity contribution in [3.63, 3.8) is 0 Å². The van der Waals surface area contributed by atoms with Gasteiger partial charge in [-0.2, -0.15) is 5.26 Å². The molecular formula is C12H18N4O. The molecule has 0 aliphatic carbocycles. The normalized spacial score (nSPS) is 9.71. The number of ether oxygens (including phenoxy) is 1. The van der Waals surface area contributed by atoms with Gasteiger partial charge in [0, 0.05) is 27.2 Å². The first kappa shape index (κ1) is 13.3. The monoisotopic (exact) mass is 234 g/mol. The predicted molar refractivity (Wildman–Crippen MR) is 68.1 cm³/mol. The molecule has 17 heavy (non-hydrogen) atoms. The van der Waals surface area contributed by atoms with Gasteiger partial charge in [0.05, 0.1) is 19.1 Å². The van der Waals surface area contributed by atoms with E-state index in [0.29, 0.717) is 19.6 Å². The number of aromatic nitrogens is 1. The SMILES string of the molecule is CNc1cccc(N(CCC#N)CCOC)n1. The van der Waals surface area contributed by atoms with Crippen LogP contribution < -0.4 is 10.2 Å². The highest BCUT2D eigenvalue weighted by molar-refractivity contribution is 5.46. The van der Waals surface area contributed by atoms with Crippen molar-refractivity contribution in [1.29, 1.82) is 5.26 Å². The molecule has 0 fully saturated rings. The first-order valence-corrected chi connectivity index (χ1v) is 5.57. The van der Waals surface area contributed by atoms with E-state index in [9.17, 15) is 0 Å². The van der Waals surface area contributed by atoms with E-state index in [4.69, 9.17) is 10.00 Å². The van der Waals surface area contributed by atoms with Crippen molar-refractivity contribution < 1.29 is 4.74 Å². The van der Waals surface area contributed by atoms with Crippen LogP contribution in [0.25, 0.3) is 0 Å². The highest BCUT2D eigenvalue weighted by Crippen LogP contribution is 2.14. The maximum absolute atomic E-state index is 8.65. The zero-order valence-electron chi connectivity index (χ0n) is 10.3. The first-order valence-electron chi connectivity index (χ1n) is 5.57. The molecule has 0 aliphatic heterocycles. The molecule has 0 atom stereocenters. The van der Waals surface area contributed by atoms with Crippen LogP contribution in [-0.4, -0.2) is 38.8 Å². The van der Waals surface area contributed by atoms with Crippen LogP contribution in [0.15, 0.2) is 18.2 Å². The summed E-state index contributed by atoms with van der Waals surface area (Å²) in [5.74, 6) is 1.69. The summed E-state index contributed by atoms with van der Waals surface area (Å²) in [7, 11) is 3.50. The van der Waals surface area contributed by atoms with Crippen molar-refractivity contribution in [2.45, 2.75) is 6.42 Å². The summed E-state index contributed by atoms with van der Waals surface area (Å²) < 4.78 is 5.06. The zero-order valence-corrected chi connectivity index (χ0v) is 10.3. The Balaban J connectivity index is 2.75. The fourth-order valence-electron chi connectivity index (χ4n) is 1.47. The van der Waals surface area contributed by atoms with Crippen LogP contribution in [0.5, 0.6) is 0 Å². The first-order chi connectivity index (χ1) is 8.31. The minimum atomic E-state index is 0.481. The summed E-state index contributed by atoms with van der Waals surface area (Å²) in [6.45, 7) is 2.02. The topological polar surface area (TPSA) is 61.2 Å². The summed E-state index contributed by atoms with van der Waals surface area (Å²) in [5, 5.41) is 11.6. The number of pyridine rings is 1. The van der Waals surface area contributed by atoms with Crippen LogP contribution in [0.4, 0.5) is 11.6 Å². The lowest BCUT2D eigenvalue weighted by Crippen LogP contribution is -2.29. The van der Waals surface area contributed by atoms with Crippen LogP contribution in [0.3, 0.4) is 0 Å². The molecule has 0 saturated carbocycles. The minimum Gasteiger partial charge on any atom is -0.383 e. The Bertz CT molecular complexity index is 375. The molecule has 1 N–H and O–H groups in total. The second kappa shape index (κ2) is 7.47. The molecule has 0 aromatic carbocycles. The van der Waals surface area contributed by atoms with Gasteiger partial charge in [-0.1, -0.05) is 6.07 Å². The molecule has 5 nitrogen and oxygen atoms in total. The Morgan fingerprint density at radius 1 is 1.47 bits per heavy atom. The lowest BCUT2D eigenvalue weighted by atomic mass is 10.3. The van der Waals surface area contributed by atoms with E-state index in [2.05, 4.69) is 16.4 Å². The van der Waals surface area contributed by atoms with Crippen molar-refractivity contribution >= 4 is 11.6 Å². The quantitative estimate of drug-likeness (QED) is 0.774. The van der Waals surface area contributed by atoms with E-state index >= 15 is 0 Å². The average Bonchev–Trinajstić information content (AvgIpc) is 2.39. The van der Waals surface area contributed by atoms with Gasteiger partial charge in [-0.25, -0.2) is 4.98 Å². The van der Waals surface area contributed by atoms with Crippen LogP contribution in [-0.2, 0) is 4.74 Å². The summed E-state index contributed by atoms with van der Waals surface area (Å²) in [6, 6.07) is 7.94. The van der Waals surface area contributed by atoms with E-state index in [1.807, 2.05) is 30.1 Å². The highest BCUT2D eigenvalue weighted by Gasteiger charge is 2.07. The van der Waals surface area contributed by atoms with Gasteiger partial charge in [-0.15, -0.1) is 0 Å². The number of hydrogen-bond acceptors (Lipinski definition) is 5. The largest absolute Gasteiger partial charge is 0.383 e. The van der Waals surface area contributed by atoms with Crippen LogP contribution >= 0.6 is 0 Å². The number of hydrogen-bond donors (Lipinski definition) is 1. The summed E-state index contributed by atoms with van der Waals surface area (Å²) >= 11 is 0. The lowest BCUT2D eigenvalue weighted by Gasteiger charge is -2.22. The third-order valence-corrected chi connectivity index (χ3v) is 2.37. The maximum atomic E-state index is 8.65. The zero-order chi connectivity index (χ0) is 12.5. The molecule has 0 spiro atoms. The maximum Gasteiger partial charge on any atom is 0.131 e. The van der Waals surface area contributed by atoms with E-state index in [0.717, 1.165) is 18.2 Å². The Labute approximate surface area is 102 Å². The molecule has 0 unspecified atom stereocenters. The van der Waals surface area contributed by atoms with E-state index in [1.165, 1.54) is 0 Å². The average molecular weight is 234 g/mol. The van der Waals surface area contributed by atoms with Gasteiger partial charge in [0.25, 0.3) is 0 Å². The molecule has 0 amide bonds. The Morgan fingerprint density at radius 2 is 2.29 bits per heavy atom. The Hall–Kier alpha value is -1.80. The van der Waals surface area contributed by atoms with Crippen LogP contribution in [0.1, 0.15) is 6.42 Å². The summed E-state index contributed by atoms with van der Waals surface area (Å²) in [6.07, 6.45) is 0.481. The lowest BCUT2D eigenvalue weighted by molar-refractivity contribution is 0.205. The molecule has 92 valence electrons. The molecule has 0 aliphatic rings. The number of nitrogens with zero attached hydrogens (tertiary/aromatic N) is 3. The van der Waals surface area contributed by atoms with Crippen molar-refractivity contribution in [3.8, 4) is 6.07 Å². The van der Waals surface area contributed by atoms with Crippen LogP contribution in [0.2, 0.25) is 0 Å². The second-order valence-electron chi connectivity index (χ2n) is 3.52. The Kier molecular flexibility index (Phi) is 5.83. The standard InChI is InChI=1S/C12H18N4O/c1-14-11-5-3-6-12(15-11)16(8-4-7-13)9-10-17-2/h3,5-6H,4,8-10H2,1-2H3,(H,14,15). The molecule has 0 saturated heterocycles. The fraction of sp³-hybridized carbons (Fsp3) is 0.500. The predicted octanol–water partition coefficient (Wildman–Crippen LogP) is 1.49. The van der Waals surface area contributed by atoms with Crippen molar-refractivity contribution in [2.24, 2.45) is 0 Å². The van der Waals surface area contributed by atoms with E-state index < -0.39 is 0 Å². The molecule has 5 heteroatoms.